The Balaban J connectivity index is 2.39. The zero-order chi connectivity index (χ0) is 15.0. The maximum absolute atomic E-state index is 11.7. The monoisotopic (exact) mass is 283 g/mol. The van der Waals surface area contributed by atoms with E-state index in [1.165, 1.54) is 15.8 Å². The highest BCUT2D eigenvalue weighted by atomic mass is 16.4. The van der Waals surface area contributed by atoms with Crippen molar-refractivity contribution in [2.75, 3.05) is 26.2 Å². The van der Waals surface area contributed by atoms with Crippen LogP contribution in [0.4, 0.5) is 4.79 Å². The summed E-state index contributed by atoms with van der Waals surface area (Å²) in [5.41, 5.74) is -0.148. The van der Waals surface area contributed by atoms with Crippen molar-refractivity contribution in [2.45, 2.75) is 6.54 Å². The zero-order valence-electron chi connectivity index (χ0n) is 10.9. The molecule has 0 aliphatic carbocycles. The summed E-state index contributed by atoms with van der Waals surface area (Å²) in [5.74, 6) is -1.15. The molecule has 1 aromatic rings. The molecule has 0 unspecified atom stereocenters. The molecule has 0 bridgehead atoms. The molecule has 1 rings (SSSR count). The number of nitrogens with one attached hydrogen (secondary N) is 1. The number of aromatic carboxylic acids is 1. The number of aliphatic hydroxyl groups is 1. The van der Waals surface area contributed by atoms with Crippen LogP contribution in [0.3, 0.4) is 0 Å². The van der Waals surface area contributed by atoms with E-state index in [0.29, 0.717) is 13.1 Å². The molecule has 0 spiro atoms. The van der Waals surface area contributed by atoms with Gasteiger partial charge in [0, 0.05) is 19.6 Å². The first-order valence-electron chi connectivity index (χ1n) is 5.96. The van der Waals surface area contributed by atoms with E-state index in [1.54, 1.807) is 6.08 Å². The van der Waals surface area contributed by atoms with Gasteiger partial charge in [-0.3, -0.25) is 0 Å². The van der Waals surface area contributed by atoms with Crippen molar-refractivity contribution in [3.05, 3.63) is 24.5 Å². The van der Waals surface area contributed by atoms with Gasteiger partial charge in [-0.05, 0) is 0 Å². The number of rotatable bonds is 8. The van der Waals surface area contributed by atoms with Gasteiger partial charge < -0.3 is 20.4 Å². The fraction of sp³-hybridized carbons (Fsp3) is 0.455. The minimum Gasteiger partial charge on any atom is -0.476 e. The van der Waals surface area contributed by atoms with Gasteiger partial charge in [0.15, 0.2) is 5.69 Å². The predicted molar refractivity (Wildman–Crippen MR) is 69.2 cm³/mol. The van der Waals surface area contributed by atoms with E-state index >= 15 is 0 Å². The van der Waals surface area contributed by atoms with E-state index in [2.05, 4.69) is 22.2 Å². The Hall–Kier alpha value is -2.42. The van der Waals surface area contributed by atoms with Crippen molar-refractivity contribution < 1.29 is 19.8 Å². The summed E-state index contributed by atoms with van der Waals surface area (Å²) < 4.78 is 1.33. The summed E-state index contributed by atoms with van der Waals surface area (Å²) in [6, 6.07) is -0.336. The summed E-state index contributed by atoms with van der Waals surface area (Å²) in [5, 5.41) is 27.2. The Morgan fingerprint density at radius 2 is 2.30 bits per heavy atom. The van der Waals surface area contributed by atoms with Crippen LogP contribution in [0.5, 0.6) is 0 Å². The van der Waals surface area contributed by atoms with E-state index < -0.39 is 5.97 Å². The van der Waals surface area contributed by atoms with E-state index in [9.17, 15) is 9.59 Å². The molecular weight excluding hydrogens is 266 g/mol. The normalized spacial score (nSPS) is 10.1. The van der Waals surface area contributed by atoms with Gasteiger partial charge >= 0.3 is 12.0 Å². The number of carbonyl (C=O) groups excluding carboxylic acids is 1. The largest absolute Gasteiger partial charge is 0.476 e. The van der Waals surface area contributed by atoms with Crippen LogP contribution in [0.15, 0.2) is 18.9 Å². The van der Waals surface area contributed by atoms with E-state index in [0.717, 1.165) is 0 Å². The van der Waals surface area contributed by atoms with Gasteiger partial charge in [0.25, 0.3) is 0 Å². The number of hydrogen-bond acceptors (Lipinski definition) is 5. The zero-order valence-corrected chi connectivity index (χ0v) is 10.9. The summed E-state index contributed by atoms with van der Waals surface area (Å²) in [7, 11) is 0. The Morgan fingerprint density at radius 3 is 2.85 bits per heavy atom. The average Bonchev–Trinajstić information content (AvgIpc) is 2.87. The van der Waals surface area contributed by atoms with Gasteiger partial charge in [0.05, 0.1) is 19.3 Å². The Kier molecular flexibility index (Phi) is 6.17. The molecule has 0 saturated heterocycles. The molecule has 1 heterocycles. The molecule has 0 saturated carbocycles. The first-order valence-corrected chi connectivity index (χ1v) is 5.96. The quantitative estimate of drug-likeness (QED) is 0.535. The van der Waals surface area contributed by atoms with Crippen LogP contribution in [-0.4, -0.2) is 68.3 Å². The third-order valence-electron chi connectivity index (χ3n) is 2.38. The number of aliphatic hydroxyl groups excluding tert-OH is 1. The van der Waals surface area contributed by atoms with Crippen LogP contribution in [-0.2, 0) is 6.54 Å². The third kappa shape index (κ3) is 4.69. The number of aromatic nitrogens is 3. The van der Waals surface area contributed by atoms with Crippen molar-refractivity contribution in [3.63, 3.8) is 0 Å². The molecule has 20 heavy (non-hydrogen) atoms. The first-order chi connectivity index (χ1) is 9.58. The Bertz CT molecular complexity index is 473. The number of nitrogens with zero attached hydrogens (tertiary/aromatic N) is 4. The number of carboxylic acids is 1. The average molecular weight is 283 g/mol. The molecule has 2 amide bonds. The van der Waals surface area contributed by atoms with Gasteiger partial charge in [-0.2, -0.15) is 0 Å². The van der Waals surface area contributed by atoms with Gasteiger partial charge in [0.1, 0.15) is 0 Å². The SMILES string of the molecule is C=CCN(CCO)C(=O)NCCn1cc(C(=O)O)nn1. The molecule has 3 N–H and O–H groups in total. The minimum atomic E-state index is -1.15. The molecule has 1 aromatic heterocycles. The van der Waals surface area contributed by atoms with Crippen LogP contribution in [0.1, 0.15) is 10.5 Å². The Morgan fingerprint density at radius 1 is 1.55 bits per heavy atom. The highest BCUT2D eigenvalue weighted by Crippen LogP contribution is 1.93. The lowest BCUT2D eigenvalue weighted by Gasteiger charge is -2.20. The molecule has 0 aromatic carbocycles. The van der Waals surface area contributed by atoms with Crippen molar-refractivity contribution >= 4 is 12.0 Å². The van der Waals surface area contributed by atoms with Crippen molar-refractivity contribution in [3.8, 4) is 0 Å². The summed E-state index contributed by atoms with van der Waals surface area (Å²) in [6.45, 7) is 4.51. The minimum absolute atomic E-state index is 0.133. The second kappa shape index (κ2) is 7.89. The molecule has 9 heteroatoms. The second-order valence-electron chi connectivity index (χ2n) is 3.86. The molecule has 0 aliphatic heterocycles. The number of urea groups is 1. The van der Waals surface area contributed by atoms with E-state index in [-0.39, 0.29) is 31.4 Å². The fourth-order valence-corrected chi connectivity index (χ4v) is 1.45. The summed E-state index contributed by atoms with van der Waals surface area (Å²) in [6.07, 6.45) is 2.84. The standard InChI is InChI=1S/C11H17N5O4/c1-2-4-15(6-7-17)11(20)12-3-5-16-8-9(10(18)19)13-14-16/h2,8,17H,1,3-7H2,(H,12,20)(H,18,19). The highest BCUT2D eigenvalue weighted by molar-refractivity contribution is 5.84. The van der Waals surface area contributed by atoms with Crippen LogP contribution in [0, 0.1) is 0 Å². The smallest absolute Gasteiger partial charge is 0.358 e. The Labute approximate surface area is 115 Å². The lowest BCUT2D eigenvalue weighted by Crippen LogP contribution is -2.42. The van der Waals surface area contributed by atoms with Crippen LogP contribution in [0.25, 0.3) is 0 Å². The van der Waals surface area contributed by atoms with Crippen LogP contribution in [0.2, 0.25) is 0 Å². The predicted octanol–water partition coefficient (Wildman–Crippen LogP) is -0.834. The molecule has 0 aliphatic rings. The molecule has 9 nitrogen and oxygen atoms in total. The number of hydrogen-bond donors (Lipinski definition) is 3. The maximum atomic E-state index is 11.7. The van der Waals surface area contributed by atoms with Crippen molar-refractivity contribution in [1.82, 2.24) is 25.2 Å². The number of carboxylic acid groups (broad SMARTS) is 1. The summed E-state index contributed by atoms with van der Waals surface area (Å²) >= 11 is 0. The lowest BCUT2D eigenvalue weighted by molar-refractivity contribution is 0.0690. The van der Waals surface area contributed by atoms with Crippen molar-refractivity contribution in [2.24, 2.45) is 0 Å². The van der Waals surface area contributed by atoms with Gasteiger partial charge in [-0.15, -0.1) is 11.7 Å². The van der Waals surface area contributed by atoms with Crippen LogP contribution >= 0.6 is 0 Å². The van der Waals surface area contributed by atoms with Gasteiger partial charge in [-0.1, -0.05) is 11.3 Å². The number of carbonyl (C=O) groups is 2. The van der Waals surface area contributed by atoms with Crippen LogP contribution < -0.4 is 5.32 Å². The summed E-state index contributed by atoms with van der Waals surface area (Å²) in [4.78, 5) is 23.7. The topological polar surface area (TPSA) is 121 Å². The van der Waals surface area contributed by atoms with Gasteiger partial charge in [0.2, 0.25) is 0 Å². The molecule has 0 radical (unpaired) electrons. The third-order valence-corrected chi connectivity index (χ3v) is 2.38. The molecular formula is C11H17N5O4. The van der Waals surface area contributed by atoms with Gasteiger partial charge in [-0.25, -0.2) is 14.3 Å². The molecule has 0 atom stereocenters. The second-order valence-corrected chi connectivity index (χ2v) is 3.86. The van der Waals surface area contributed by atoms with E-state index in [4.69, 9.17) is 10.2 Å². The lowest BCUT2D eigenvalue weighted by atomic mass is 10.5. The first kappa shape index (κ1) is 15.6. The fourth-order valence-electron chi connectivity index (χ4n) is 1.45. The highest BCUT2D eigenvalue weighted by Gasteiger charge is 2.11. The van der Waals surface area contributed by atoms with Crippen molar-refractivity contribution in [1.29, 1.82) is 0 Å². The number of amides is 2. The molecule has 0 fully saturated rings. The maximum Gasteiger partial charge on any atom is 0.358 e. The molecule has 110 valence electrons. The van der Waals surface area contributed by atoms with E-state index in [1.807, 2.05) is 0 Å².